The van der Waals surface area contributed by atoms with Crippen LogP contribution in [0.3, 0.4) is 0 Å². The smallest absolute Gasteiger partial charge is 0.269 e. The van der Waals surface area contributed by atoms with E-state index in [0.29, 0.717) is 17.0 Å². The van der Waals surface area contributed by atoms with E-state index in [0.717, 1.165) is 0 Å². The number of nitro benzene ring substituents is 1. The van der Waals surface area contributed by atoms with Crippen molar-refractivity contribution in [3.05, 3.63) is 63.7 Å². The number of amides is 1. The van der Waals surface area contributed by atoms with E-state index in [9.17, 15) is 19.1 Å². The monoisotopic (exact) mass is 350 g/mol. The van der Waals surface area contributed by atoms with Gasteiger partial charge in [-0.1, -0.05) is 6.07 Å². The molecule has 2 aromatic rings. The first-order valence-corrected chi connectivity index (χ1v) is 7.98. The molecular weight excluding hydrogens is 336 g/mol. The molecule has 24 heavy (non-hydrogen) atoms. The van der Waals surface area contributed by atoms with E-state index in [1.807, 2.05) is 0 Å². The fourth-order valence-corrected chi connectivity index (χ4v) is 2.48. The number of non-ortho nitro benzene ring substituents is 1. The minimum absolute atomic E-state index is 0.0790. The molecule has 0 aliphatic heterocycles. The Hall–Kier alpha value is -2.78. The predicted molar refractivity (Wildman–Crippen MR) is 88.5 cm³/mol. The molecule has 9 heteroatoms. The molecule has 0 aliphatic carbocycles. The second-order valence-corrected chi connectivity index (χ2v) is 5.69. The Morgan fingerprint density at radius 1 is 1.29 bits per heavy atom. The van der Waals surface area contributed by atoms with Crippen molar-refractivity contribution in [3.8, 4) is 5.75 Å². The van der Waals surface area contributed by atoms with Crippen molar-refractivity contribution in [2.24, 2.45) is 0 Å². The number of methoxy groups -OCH3 is 1. The van der Waals surface area contributed by atoms with Gasteiger partial charge in [-0.05, 0) is 29.8 Å². The standard InChI is InChI=1S/C15H14N2O6S/c1-23-14-7-2-10(9-24(21)22)8-13(14)16-15(18)11-3-5-12(6-4-11)17(19)20/h2-8H,9H2,1H3,(H,16,18)(H,21,22). The lowest BCUT2D eigenvalue weighted by Crippen LogP contribution is -2.13. The van der Waals surface area contributed by atoms with Crippen LogP contribution in [-0.4, -0.2) is 26.7 Å². The molecule has 126 valence electrons. The van der Waals surface area contributed by atoms with Gasteiger partial charge in [0.15, 0.2) is 11.1 Å². The molecule has 2 rings (SSSR count). The van der Waals surface area contributed by atoms with Crippen molar-refractivity contribution in [2.75, 3.05) is 12.4 Å². The number of hydrogen-bond donors (Lipinski definition) is 2. The van der Waals surface area contributed by atoms with Crippen LogP contribution in [0.5, 0.6) is 5.75 Å². The van der Waals surface area contributed by atoms with Crippen LogP contribution in [0.15, 0.2) is 42.5 Å². The molecule has 1 atom stereocenters. The van der Waals surface area contributed by atoms with E-state index in [1.54, 1.807) is 12.1 Å². The Morgan fingerprint density at radius 2 is 1.96 bits per heavy atom. The molecule has 2 N–H and O–H groups in total. The van der Waals surface area contributed by atoms with Crippen LogP contribution >= 0.6 is 0 Å². The van der Waals surface area contributed by atoms with Gasteiger partial charge in [0.2, 0.25) is 0 Å². The fraction of sp³-hybridized carbons (Fsp3) is 0.133. The molecule has 0 radical (unpaired) electrons. The molecule has 2 aromatic carbocycles. The molecule has 1 unspecified atom stereocenters. The van der Waals surface area contributed by atoms with E-state index in [-0.39, 0.29) is 17.0 Å². The van der Waals surface area contributed by atoms with Crippen LogP contribution in [0.2, 0.25) is 0 Å². The van der Waals surface area contributed by atoms with Crippen LogP contribution in [0.4, 0.5) is 11.4 Å². The van der Waals surface area contributed by atoms with Gasteiger partial charge in [0.25, 0.3) is 11.6 Å². The number of anilines is 1. The molecule has 0 heterocycles. The number of nitrogens with zero attached hydrogens (tertiary/aromatic N) is 1. The SMILES string of the molecule is COc1ccc(CS(=O)O)cc1NC(=O)c1ccc([N+](=O)[O-])cc1. The molecular formula is C15H14N2O6S. The number of benzene rings is 2. The summed E-state index contributed by atoms with van der Waals surface area (Å²) >= 11 is -2.01. The van der Waals surface area contributed by atoms with Crippen molar-refractivity contribution in [2.45, 2.75) is 5.75 Å². The molecule has 0 saturated heterocycles. The Kier molecular flexibility index (Phi) is 5.61. The number of carbonyl (C=O) groups is 1. The molecule has 0 aliphatic rings. The summed E-state index contributed by atoms with van der Waals surface area (Å²) in [7, 11) is 1.43. The first kappa shape index (κ1) is 17.6. The van der Waals surface area contributed by atoms with E-state index < -0.39 is 21.9 Å². The topological polar surface area (TPSA) is 119 Å². The zero-order valence-corrected chi connectivity index (χ0v) is 13.4. The van der Waals surface area contributed by atoms with E-state index in [4.69, 9.17) is 9.29 Å². The number of ether oxygens (including phenoxy) is 1. The van der Waals surface area contributed by atoms with Crippen molar-refractivity contribution in [1.29, 1.82) is 0 Å². The lowest BCUT2D eigenvalue weighted by molar-refractivity contribution is -0.384. The average Bonchev–Trinajstić information content (AvgIpc) is 2.54. The maximum absolute atomic E-state index is 12.3. The van der Waals surface area contributed by atoms with Gasteiger partial charge in [0, 0.05) is 17.7 Å². The molecule has 0 saturated carbocycles. The highest BCUT2D eigenvalue weighted by atomic mass is 32.2. The molecule has 0 fully saturated rings. The predicted octanol–water partition coefficient (Wildman–Crippen LogP) is 2.58. The first-order valence-electron chi connectivity index (χ1n) is 6.71. The lowest BCUT2D eigenvalue weighted by atomic mass is 10.1. The van der Waals surface area contributed by atoms with Gasteiger partial charge in [-0.3, -0.25) is 14.9 Å². The Balaban J connectivity index is 2.23. The highest BCUT2D eigenvalue weighted by Gasteiger charge is 2.13. The van der Waals surface area contributed by atoms with Crippen LogP contribution in [0.25, 0.3) is 0 Å². The zero-order valence-electron chi connectivity index (χ0n) is 12.6. The number of nitro groups is 1. The zero-order chi connectivity index (χ0) is 17.7. The van der Waals surface area contributed by atoms with Crippen LogP contribution in [-0.2, 0) is 16.8 Å². The number of nitrogens with one attached hydrogen (secondary N) is 1. The quantitative estimate of drug-likeness (QED) is 0.469. The summed E-state index contributed by atoms with van der Waals surface area (Å²) in [6, 6.07) is 9.88. The summed E-state index contributed by atoms with van der Waals surface area (Å²) in [5.41, 5.74) is 1.01. The van der Waals surface area contributed by atoms with Crippen molar-refractivity contribution in [3.63, 3.8) is 0 Å². The van der Waals surface area contributed by atoms with E-state index in [2.05, 4.69) is 5.32 Å². The van der Waals surface area contributed by atoms with Gasteiger partial charge in [-0.25, -0.2) is 4.21 Å². The molecule has 1 amide bonds. The molecule has 0 spiro atoms. The van der Waals surface area contributed by atoms with Crippen molar-refractivity contribution in [1.82, 2.24) is 0 Å². The van der Waals surface area contributed by atoms with Crippen LogP contribution in [0.1, 0.15) is 15.9 Å². The minimum Gasteiger partial charge on any atom is -0.495 e. The van der Waals surface area contributed by atoms with Crippen molar-refractivity contribution >= 4 is 28.4 Å². The normalized spacial score (nSPS) is 11.6. The van der Waals surface area contributed by atoms with E-state index >= 15 is 0 Å². The largest absolute Gasteiger partial charge is 0.495 e. The van der Waals surface area contributed by atoms with Gasteiger partial charge >= 0.3 is 0 Å². The molecule has 0 aromatic heterocycles. The summed E-state index contributed by atoms with van der Waals surface area (Å²) in [6.07, 6.45) is 0. The van der Waals surface area contributed by atoms with Crippen LogP contribution < -0.4 is 10.1 Å². The van der Waals surface area contributed by atoms with Gasteiger partial charge < -0.3 is 14.6 Å². The third kappa shape index (κ3) is 4.37. The van der Waals surface area contributed by atoms with Crippen LogP contribution in [0, 0.1) is 10.1 Å². The lowest BCUT2D eigenvalue weighted by Gasteiger charge is -2.11. The summed E-state index contributed by atoms with van der Waals surface area (Å²) in [4.78, 5) is 22.3. The highest BCUT2D eigenvalue weighted by molar-refractivity contribution is 7.78. The fourth-order valence-electron chi connectivity index (χ4n) is 2.01. The number of carbonyl (C=O) groups excluding carboxylic acids is 1. The minimum atomic E-state index is -2.01. The average molecular weight is 350 g/mol. The second-order valence-electron chi connectivity index (χ2n) is 4.76. The van der Waals surface area contributed by atoms with Gasteiger partial charge in [0.05, 0.1) is 23.5 Å². The number of hydrogen-bond acceptors (Lipinski definition) is 5. The third-order valence-corrected chi connectivity index (χ3v) is 3.72. The third-order valence-electron chi connectivity index (χ3n) is 3.14. The maximum Gasteiger partial charge on any atom is 0.269 e. The molecule has 0 bridgehead atoms. The van der Waals surface area contributed by atoms with Gasteiger partial charge in [0.1, 0.15) is 5.75 Å². The summed E-state index contributed by atoms with van der Waals surface area (Å²) in [5, 5.41) is 13.3. The molecule has 8 nitrogen and oxygen atoms in total. The van der Waals surface area contributed by atoms with Gasteiger partial charge in [-0.2, -0.15) is 0 Å². The van der Waals surface area contributed by atoms with Crippen molar-refractivity contribution < 1.29 is 23.2 Å². The highest BCUT2D eigenvalue weighted by Crippen LogP contribution is 2.26. The van der Waals surface area contributed by atoms with Gasteiger partial charge in [-0.15, -0.1) is 0 Å². The Labute approximate surface area is 139 Å². The summed E-state index contributed by atoms with van der Waals surface area (Å²) in [5.74, 6) is -0.173. The Bertz CT molecular complexity index is 791. The summed E-state index contributed by atoms with van der Waals surface area (Å²) < 4.78 is 25.0. The summed E-state index contributed by atoms with van der Waals surface area (Å²) in [6.45, 7) is 0. The van der Waals surface area contributed by atoms with E-state index in [1.165, 1.54) is 37.4 Å². The second kappa shape index (κ2) is 7.66. The maximum atomic E-state index is 12.3. The first-order chi connectivity index (χ1) is 11.4. The Morgan fingerprint density at radius 3 is 2.50 bits per heavy atom. The number of rotatable bonds is 6.